The first-order chi connectivity index (χ1) is 11.6. The number of amides is 1. The van der Waals surface area contributed by atoms with E-state index in [9.17, 15) is 9.18 Å². The van der Waals surface area contributed by atoms with Crippen LogP contribution in [0.3, 0.4) is 0 Å². The van der Waals surface area contributed by atoms with Gasteiger partial charge < -0.3 is 0 Å². The Kier molecular flexibility index (Phi) is 5.21. The second-order valence-corrected chi connectivity index (χ2v) is 7.38. The van der Waals surface area contributed by atoms with Crippen LogP contribution < -0.4 is 5.48 Å². The first-order valence-corrected chi connectivity index (χ1v) is 9.06. The smallest absolute Gasteiger partial charge is 0.274 e. The third-order valence-electron chi connectivity index (χ3n) is 5.93. The minimum Gasteiger partial charge on any atom is -0.296 e. The van der Waals surface area contributed by atoms with Gasteiger partial charge in [-0.3, -0.25) is 14.9 Å². The lowest BCUT2D eigenvalue weighted by atomic mass is 9.73. The molecular weight excluding hydrogens is 307 g/mol. The van der Waals surface area contributed by atoms with Gasteiger partial charge in [-0.2, -0.15) is 0 Å². The number of rotatable bonds is 4. The predicted molar refractivity (Wildman–Crippen MR) is 90.4 cm³/mol. The van der Waals surface area contributed by atoms with Crippen molar-refractivity contribution in [2.75, 3.05) is 13.1 Å². The van der Waals surface area contributed by atoms with E-state index in [0.29, 0.717) is 11.0 Å². The first-order valence-electron chi connectivity index (χ1n) is 9.06. The molecule has 2 fully saturated rings. The maximum Gasteiger partial charge on any atom is 0.274 e. The molecule has 132 valence electrons. The number of hydrogen-bond donors (Lipinski definition) is 2. The molecule has 1 saturated carbocycles. The Labute approximate surface area is 143 Å². The molecule has 0 bridgehead atoms. The second-order valence-electron chi connectivity index (χ2n) is 7.38. The highest BCUT2D eigenvalue weighted by atomic mass is 19.1. The molecule has 0 aromatic heterocycles. The Hall–Kier alpha value is -1.46. The molecule has 3 rings (SSSR count). The number of nitrogens with one attached hydrogen (secondary N) is 1. The summed E-state index contributed by atoms with van der Waals surface area (Å²) in [6.07, 6.45) is 8.67. The van der Waals surface area contributed by atoms with Crippen LogP contribution in [0, 0.1) is 11.2 Å². The first kappa shape index (κ1) is 17.4. The minimum absolute atomic E-state index is 0.0533. The zero-order valence-corrected chi connectivity index (χ0v) is 14.4. The predicted octanol–water partition coefficient (Wildman–Crippen LogP) is 4.05. The fraction of sp³-hybridized carbons (Fsp3) is 0.632. The standard InChI is InChI=1S/C19H27FN2O2/c1-2-17(15-7-6-14(12-16(15)20)18(23)21-24)22-11-10-19(13-22)8-4-3-5-9-19/h6-7,12,17,24H,2-5,8-11,13H2,1H3,(H,21,23)/t17-/m1/s1. The Morgan fingerprint density at radius 3 is 2.71 bits per heavy atom. The van der Waals surface area contributed by atoms with Gasteiger partial charge >= 0.3 is 0 Å². The van der Waals surface area contributed by atoms with Crippen molar-refractivity contribution >= 4 is 5.91 Å². The van der Waals surface area contributed by atoms with Gasteiger partial charge in [-0.1, -0.05) is 32.3 Å². The van der Waals surface area contributed by atoms with Gasteiger partial charge in [0, 0.05) is 23.7 Å². The van der Waals surface area contributed by atoms with Crippen LogP contribution in [-0.4, -0.2) is 29.1 Å². The van der Waals surface area contributed by atoms with Gasteiger partial charge in [0.2, 0.25) is 0 Å². The fourth-order valence-electron chi connectivity index (χ4n) is 4.62. The summed E-state index contributed by atoms with van der Waals surface area (Å²) < 4.78 is 14.6. The van der Waals surface area contributed by atoms with E-state index in [1.807, 2.05) is 0 Å². The molecule has 1 spiro atoms. The van der Waals surface area contributed by atoms with Crippen LogP contribution in [0.5, 0.6) is 0 Å². The van der Waals surface area contributed by atoms with Crippen LogP contribution >= 0.6 is 0 Å². The highest BCUT2D eigenvalue weighted by molar-refractivity contribution is 5.93. The zero-order valence-electron chi connectivity index (χ0n) is 14.4. The molecule has 0 unspecified atom stereocenters. The van der Waals surface area contributed by atoms with Gasteiger partial charge in [-0.15, -0.1) is 0 Å². The SMILES string of the molecule is CC[C@H](c1ccc(C(=O)NO)cc1F)N1CCC2(CCCCC2)C1. The number of carbonyl (C=O) groups is 1. The molecular formula is C19H27FN2O2. The fourth-order valence-corrected chi connectivity index (χ4v) is 4.62. The zero-order chi connectivity index (χ0) is 17.2. The Morgan fingerprint density at radius 2 is 2.08 bits per heavy atom. The van der Waals surface area contributed by atoms with Gasteiger partial charge in [-0.25, -0.2) is 9.87 Å². The second kappa shape index (κ2) is 7.19. The Bertz CT molecular complexity index is 599. The van der Waals surface area contributed by atoms with E-state index in [1.54, 1.807) is 17.6 Å². The molecule has 1 saturated heterocycles. The molecule has 1 heterocycles. The van der Waals surface area contributed by atoms with E-state index in [0.717, 1.165) is 19.5 Å². The van der Waals surface area contributed by atoms with E-state index in [-0.39, 0.29) is 17.4 Å². The van der Waals surface area contributed by atoms with Crippen molar-refractivity contribution in [2.24, 2.45) is 5.41 Å². The Balaban J connectivity index is 1.78. The Morgan fingerprint density at radius 1 is 1.33 bits per heavy atom. The number of carbonyl (C=O) groups excluding carboxylic acids is 1. The van der Waals surface area contributed by atoms with Crippen LogP contribution in [0.25, 0.3) is 0 Å². The molecule has 5 heteroatoms. The summed E-state index contributed by atoms with van der Waals surface area (Å²) in [7, 11) is 0. The molecule has 0 radical (unpaired) electrons. The number of nitrogens with zero attached hydrogens (tertiary/aromatic N) is 1. The third kappa shape index (κ3) is 3.33. The number of hydrogen-bond acceptors (Lipinski definition) is 3. The summed E-state index contributed by atoms with van der Waals surface area (Å²) in [6, 6.07) is 4.55. The third-order valence-corrected chi connectivity index (χ3v) is 5.93. The van der Waals surface area contributed by atoms with Crippen molar-refractivity contribution in [1.29, 1.82) is 0 Å². The highest BCUT2D eigenvalue weighted by Crippen LogP contribution is 2.46. The van der Waals surface area contributed by atoms with Crippen LogP contribution in [0.4, 0.5) is 4.39 Å². The number of likely N-dealkylation sites (tertiary alicyclic amines) is 1. The summed E-state index contributed by atoms with van der Waals surface area (Å²) >= 11 is 0. The summed E-state index contributed by atoms with van der Waals surface area (Å²) in [5.41, 5.74) is 2.78. The highest BCUT2D eigenvalue weighted by Gasteiger charge is 2.41. The van der Waals surface area contributed by atoms with Gasteiger partial charge in [-0.05, 0) is 49.8 Å². The molecule has 1 amide bonds. The lowest BCUT2D eigenvalue weighted by Crippen LogP contribution is -2.32. The quantitative estimate of drug-likeness (QED) is 0.645. The number of halogens is 1. The number of benzene rings is 1. The average molecular weight is 334 g/mol. The minimum atomic E-state index is -0.684. The van der Waals surface area contributed by atoms with Gasteiger partial charge in [0.15, 0.2) is 0 Å². The summed E-state index contributed by atoms with van der Waals surface area (Å²) in [4.78, 5) is 13.9. The van der Waals surface area contributed by atoms with Crippen molar-refractivity contribution in [3.8, 4) is 0 Å². The normalized spacial score (nSPS) is 21.8. The largest absolute Gasteiger partial charge is 0.296 e. The van der Waals surface area contributed by atoms with Crippen LogP contribution in [0.15, 0.2) is 18.2 Å². The molecule has 2 N–H and O–H groups in total. The van der Waals surface area contributed by atoms with E-state index in [4.69, 9.17) is 5.21 Å². The van der Waals surface area contributed by atoms with E-state index < -0.39 is 5.91 Å². The maximum absolute atomic E-state index is 14.6. The summed E-state index contributed by atoms with van der Waals surface area (Å²) in [5.74, 6) is -1.05. The van der Waals surface area contributed by atoms with Crippen molar-refractivity contribution < 1.29 is 14.4 Å². The molecule has 24 heavy (non-hydrogen) atoms. The lowest BCUT2D eigenvalue weighted by Gasteiger charge is -2.35. The van der Waals surface area contributed by atoms with Gasteiger partial charge in [0.25, 0.3) is 5.91 Å². The summed E-state index contributed by atoms with van der Waals surface area (Å²) in [6.45, 7) is 4.17. The van der Waals surface area contributed by atoms with E-state index in [2.05, 4.69) is 11.8 Å². The lowest BCUT2D eigenvalue weighted by molar-refractivity contribution is 0.0705. The van der Waals surface area contributed by atoms with Crippen molar-refractivity contribution in [3.63, 3.8) is 0 Å². The van der Waals surface area contributed by atoms with Crippen molar-refractivity contribution in [3.05, 3.63) is 35.1 Å². The summed E-state index contributed by atoms with van der Waals surface area (Å²) in [5, 5.41) is 8.69. The van der Waals surface area contributed by atoms with Crippen molar-refractivity contribution in [1.82, 2.24) is 10.4 Å². The molecule has 1 aromatic rings. The van der Waals surface area contributed by atoms with Gasteiger partial charge in [0.1, 0.15) is 5.82 Å². The van der Waals surface area contributed by atoms with Crippen LogP contribution in [0.1, 0.15) is 73.8 Å². The monoisotopic (exact) mass is 334 g/mol. The molecule has 1 aliphatic carbocycles. The molecule has 1 aliphatic heterocycles. The van der Waals surface area contributed by atoms with Crippen molar-refractivity contribution in [2.45, 2.75) is 57.9 Å². The van der Waals surface area contributed by atoms with E-state index >= 15 is 0 Å². The number of hydroxylamine groups is 1. The van der Waals surface area contributed by atoms with Crippen LogP contribution in [-0.2, 0) is 0 Å². The maximum atomic E-state index is 14.6. The van der Waals surface area contributed by atoms with E-state index in [1.165, 1.54) is 44.6 Å². The molecule has 4 nitrogen and oxygen atoms in total. The average Bonchev–Trinajstić information content (AvgIpc) is 3.00. The van der Waals surface area contributed by atoms with Gasteiger partial charge in [0.05, 0.1) is 0 Å². The molecule has 2 aliphatic rings. The topological polar surface area (TPSA) is 52.6 Å². The molecule has 1 aromatic carbocycles. The molecule has 1 atom stereocenters. The van der Waals surface area contributed by atoms with Crippen LogP contribution in [0.2, 0.25) is 0 Å².